The Morgan fingerprint density at radius 3 is 2.42 bits per heavy atom. The van der Waals surface area contributed by atoms with Gasteiger partial charge in [0.25, 0.3) is 0 Å². The number of halogens is 3. The summed E-state index contributed by atoms with van der Waals surface area (Å²) in [5.41, 5.74) is 0.671. The molecule has 2 aliphatic heterocycles. The van der Waals surface area contributed by atoms with Crippen molar-refractivity contribution in [3.8, 4) is 0 Å². The summed E-state index contributed by atoms with van der Waals surface area (Å²) in [6.45, 7) is 7.98. The average Bonchev–Trinajstić information content (AvgIpc) is 2.85. The molecule has 7 nitrogen and oxygen atoms in total. The molecule has 2 fully saturated rings. The zero-order valence-corrected chi connectivity index (χ0v) is 20.1. The van der Waals surface area contributed by atoms with Crippen molar-refractivity contribution in [1.29, 1.82) is 0 Å². The van der Waals surface area contributed by atoms with E-state index in [1.54, 1.807) is 6.07 Å². The average molecular weight is 507 g/mol. The number of piperazine rings is 1. The lowest BCUT2D eigenvalue weighted by molar-refractivity contribution is -0.141. The van der Waals surface area contributed by atoms with E-state index in [9.17, 15) is 18.0 Å². The molecule has 2 aromatic heterocycles. The molecule has 1 amide bonds. The van der Waals surface area contributed by atoms with Crippen molar-refractivity contribution in [2.24, 2.45) is 0 Å². The van der Waals surface area contributed by atoms with Gasteiger partial charge in [-0.05, 0) is 56.5 Å². The van der Waals surface area contributed by atoms with Crippen LogP contribution < -0.4 is 10.2 Å². The summed E-state index contributed by atoms with van der Waals surface area (Å²) in [7, 11) is 0. The fraction of sp³-hybridized carbons (Fsp3) is 0.577. The molecule has 0 aromatic carbocycles. The molecule has 0 atom stereocenters. The smallest absolute Gasteiger partial charge is 0.382 e. The number of alkyl halides is 3. The number of aromatic nitrogens is 2. The molecule has 1 N–H and O–H groups in total. The molecule has 198 valence electrons. The third-order valence-corrected chi connectivity index (χ3v) is 6.73. The van der Waals surface area contributed by atoms with Crippen LogP contribution in [0.25, 0.3) is 0 Å². The minimum atomic E-state index is -4.46. The third-order valence-electron chi connectivity index (χ3n) is 6.73. The van der Waals surface area contributed by atoms with Crippen molar-refractivity contribution in [3.63, 3.8) is 0 Å². The maximum absolute atomic E-state index is 12.9. The summed E-state index contributed by atoms with van der Waals surface area (Å²) in [5, 5.41) is 3.16. The van der Waals surface area contributed by atoms with E-state index < -0.39 is 11.9 Å². The summed E-state index contributed by atoms with van der Waals surface area (Å²) in [4.78, 5) is 27.2. The van der Waals surface area contributed by atoms with Gasteiger partial charge in [-0.2, -0.15) is 13.2 Å². The molecule has 36 heavy (non-hydrogen) atoms. The third kappa shape index (κ3) is 7.56. The second-order valence-corrected chi connectivity index (χ2v) is 9.35. The largest absolute Gasteiger partial charge is 0.433 e. The van der Waals surface area contributed by atoms with Crippen molar-refractivity contribution in [1.82, 2.24) is 19.8 Å². The summed E-state index contributed by atoms with van der Waals surface area (Å²) in [5.74, 6) is 1.18. The highest BCUT2D eigenvalue weighted by Crippen LogP contribution is 2.29. The zero-order chi connectivity index (χ0) is 24.8. The maximum atomic E-state index is 12.9. The highest BCUT2D eigenvalue weighted by molar-refractivity contribution is 5.76. The number of hydrogen-bond acceptors (Lipinski definition) is 6. The summed E-state index contributed by atoms with van der Waals surface area (Å²) in [6, 6.07) is 6.78. The zero-order valence-electron chi connectivity index (χ0n) is 20.1. The molecule has 0 saturated carbocycles. The second kappa shape index (κ2) is 12.4. The van der Waals surface area contributed by atoms with Crippen molar-refractivity contribution < 1.29 is 18.0 Å². The Labute approximate surface area is 211 Å². The number of hydrogen-bond donors (Lipinski definition) is 1. The molecule has 0 bridgehead atoms. The summed E-state index contributed by atoms with van der Waals surface area (Å²) in [6.07, 6.45) is 1.39. The topological polar surface area (TPSA) is 64.6 Å². The first-order valence-electron chi connectivity index (χ1n) is 12.3. The molecule has 0 aliphatic carbocycles. The predicted molar refractivity (Wildman–Crippen MR) is 136 cm³/mol. The van der Waals surface area contributed by atoms with Gasteiger partial charge in [-0.25, -0.2) is 4.98 Å². The molecular weight excluding hydrogens is 469 g/mol. The number of amides is 1. The second-order valence-electron chi connectivity index (χ2n) is 9.35. The molecule has 0 spiro atoms. The predicted octanol–water partition coefficient (Wildman–Crippen LogP) is 4.45. The minimum absolute atomic E-state index is 0. The van der Waals surface area contributed by atoms with Crippen LogP contribution in [0.5, 0.6) is 0 Å². The van der Waals surface area contributed by atoms with Crippen LogP contribution in [0.4, 0.5) is 24.7 Å². The Hall–Kier alpha value is -2.88. The van der Waals surface area contributed by atoms with E-state index in [1.807, 2.05) is 18.0 Å². The molecular formula is C26H37F3N6O. The number of rotatable bonds is 7. The number of piperidine rings is 1. The van der Waals surface area contributed by atoms with Gasteiger partial charge in [0.05, 0.1) is 0 Å². The lowest BCUT2D eigenvalue weighted by Gasteiger charge is -2.36. The Morgan fingerprint density at radius 1 is 1.06 bits per heavy atom. The van der Waals surface area contributed by atoms with Gasteiger partial charge in [-0.1, -0.05) is 13.5 Å². The van der Waals surface area contributed by atoms with Crippen LogP contribution in [-0.4, -0.2) is 77.5 Å². The van der Waals surface area contributed by atoms with E-state index in [0.717, 1.165) is 56.6 Å². The van der Waals surface area contributed by atoms with Crippen LogP contribution in [0, 0.1) is 6.92 Å². The summed E-state index contributed by atoms with van der Waals surface area (Å²) < 4.78 is 38.6. The minimum Gasteiger partial charge on any atom is -0.382 e. The first-order chi connectivity index (χ1) is 16.8. The monoisotopic (exact) mass is 506 g/mol. The fourth-order valence-electron chi connectivity index (χ4n) is 4.64. The number of aryl methyl sites for hydroxylation is 1. The van der Waals surface area contributed by atoms with E-state index in [2.05, 4.69) is 37.2 Å². The molecule has 0 radical (unpaired) electrons. The van der Waals surface area contributed by atoms with Crippen LogP contribution in [0.1, 0.15) is 44.4 Å². The normalized spacial score (nSPS) is 17.6. The van der Waals surface area contributed by atoms with E-state index >= 15 is 0 Å². The lowest BCUT2D eigenvalue weighted by atomic mass is 10.0. The van der Waals surface area contributed by atoms with Crippen LogP contribution >= 0.6 is 0 Å². The van der Waals surface area contributed by atoms with Gasteiger partial charge in [-0.3, -0.25) is 14.7 Å². The lowest BCUT2D eigenvalue weighted by Crippen LogP contribution is -2.47. The van der Waals surface area contributed by atoms with E-state index in [-0.39, 0.29) is 19.4 Å². The Balaban J connectivity index is 0.00000361. The van der Waals surface area contributed by atoms with Gasteiger partial charge < -0.3 is 15.1 Å². The van der Waals surface area contributed by atoms with Crippen molar-refractivity contribution in [2.75, 3.05) is 56.0 Å². The maximum Gasteiger partial charge on any atom is 0.433 e. The van der Waals surface area contributed by atoms with Gasteiger partial charge in [-0.15, -0.1) is 0 Å². The number of nitrogens with one attached hydrogen (secondary N) is 1. The summed E-state index contributed by atoms with van der Waals surface area (Å²) >= 11 is 0. The number of likely N-dealkylation sites (tertiary alicyclic amines) is 1. The van der Waals surface area contributed by atoms with E-state index in [1.165, 1.54) is 6.20 Å². The van der Waals surface area contributed by atoms with Crippen molar-refractivity contribution >= 4 is 17.4 Å². The SMILES string of the molecule is C.Cc1ccc(N2CCN(CCCC(=O)N3CCC(Nc4ccnc(C(F)(F)F)c4)CC3)CC2)nc1. The van der Waals surface area contributed by atoms with Crippen LogP contribution in [0.15, 0.2) is 36.7 Å². The Bertz CT molecular complexity index is 968. The Kier molecular flexibility index (Phi) is 9.53. The van der Waals surface area contributed by atoms with Gasteiger partial charge in [0.15, 0.2) is 0 Å². The van der Waals surface area contributed by atoms with Crippen LogP contribution in [-0.2, 0) is 11.0 Å². The highest BCUT2D eigenvalue weighted by atomic mass is 19.4. The van der Waals surface area contributed by atoms with Gasteiger partial charge in [0.2, 0.25) is 5.91 Å². The molecule has 2 aliphatic rings. The number of nitrogens with zero attached hydrogens (tertiary/aromatic N) is 5. The van der Waals surface area contributed by atoms with Crippen molar-refractivity contribution in [2.45, 2.75) is 52.3 Å². The number of anilines is 2. The van der Waals surface area contributed by atoms with Gasteiger partial charge in [0, 0.05) is 69.8 Å². The highest BCUT2D eigenvalue weighted by Gasteiger charge is 2.32. The first-order valence-corrected chi connectivity index (χ1v) is 12.3. The van der Waals surface area contributed by atoms with Crippen LogP contribution in [0.3, 0.4) is 0 Å². The van der Waals surface area contributed by atoms with E-state index in [0.29, 0.717) is 38.0 Å². The fourth-order valence-corrected chi connectivity index (χ4v) is 4.64. The standard InChI is InChI=1S/C25H33F3N6O.CH4/c1-19-4-5-23(30-18-19)33-15-13-32(14-16-33)10-2-3-24(35)34-11-7-20(8-12-34)31-21-6-9-29-22(17-21)25(26,27)28;/h4-6,9,17-18,20H,2-3,7-8,10-16H2,1H3,(H,29,31);1H4. The number of carbonyl (C=O) groups is 1. The van der Waals surface area contributed by atoms with Crippen molar-refractivity contribution in [3.05, 3.63) is 47.9 Å². The molecule has 10 heteroatoms. The molecule has 2 saturated heterocycles. The molecule has 4 heterocycles. The van der Waals surface area contributed by atoms with Gasteiger partial charge in [0.1, 0.15) is 11.5 Å². The van der Waals surface area contributed by atoms with E-state index in [4.69, 9.17) is 0 Å². The molecule has 2 aromatic rings. The Morgan fingerprint density at radius 2 is 1.78 bits per heavy atom. The molecule has 0 unspecified atom stereocenters. The molecule has 4 rings (SSSR count). The first kappa shape index (κ1) is 27.7. The number of pyridine rings is 2. The quantitative estimate of drug-likeness (QED) is 0.599. The van der Waals surface area contributed by atoms with Crippen LogP contribution in [0.2, 0.25) is 0 Å². The van der Waals surface area contributed by atoms with Gasteiger partial charge >= 0.3 is 6.18 Å². The number of carbonyl (C=O) groups excluding carboxylic acids is 1.